The van der Waals surface area contributed by atoms with Gasteiger partial charge in [0.15, 0.2) is 0 Å². The van der Waals surface area contributed by atoms with Gasteiger partial charge in [-0.1, -0.05) is 35.9 Å². The number of amides is 1. The number of hydrogen-bond acceptors (Lipinski definition) is 5. The molecule has 26 heavy (non-hydrogen) atoms. The third-order valence-electron chi connectivity index (χ3n) is 4.31. The number of nitrogens with one attached hydrogen (secondary N) is 1. The minimum absolute atomic E-state index is 0.131. The minimum Gasteiger partial charge on any atom is -0.273 e. The second-order valence-electron chi connectivity index (χ2n) is 6.21. The molecule has 1 amide bonds. The lowest BCUT2D eigenvalue weighted by Crippen LogP contribution is -2.39. The van der Waals surface area contributed by atoms with Gasteiger partial charge in [-0.15, -0.1) is 0 Å². The number of halogens is 1. The van der Waals surface area contributed by atoms with E-state index < -0.39 is 32.0 Å². The highest BCUT2D eigenvalue weighted by Crippen LogP contribution is 2.49. The van der Waals surface area contributed by atoms with Crippen LogP contribution in [-0.2, 0) is 26.0 Å². The maximum absolute atomic E-state index is 12.6. The Hall–Kier alpha value is -2.45. The van der Waals surface area contributed by atoms with Crippen LogP contribution >= 0.6 is 11.6 Å². The number of hydrogen-bond donors (Lipinski definition) is 1. The third-order valence-corrected chi connectivity index (χ3v) is 5.76. The Kier molecular flexibility index (Phi) is 4.72. The van der Waals surface area contributed by atoms with Gasteiger partial charge in [-0.3, -0.25) is 19.6 Å². The van der Waals surface area contributed by atoms with Crippen LogP contribution in [0.3, 0.4) is 0 Å². The molecule has 1 aliphatic rings. The number of carbonyl (C=O) groups excluding carboxylic acids is 1. The van der Waals surface area contributed by atoms with Gasteiger partial charge in [0.05, 0.1) is 16.1 Å². The minimum atomic E-state index is -3.93. The number of non-ortho nitro benzene ring substituents is 1. The first kappa shape index (κ1) is 18.3. The zero-order valence-electron chi connectivity index (χ0n) is 13.5. The maximum Gasteiger partial charge on any atom is 0.269 e. The molecular formula is C17H15ClN2O5S. The third kappa shape index (κ3) is 3.86. The van der Waals surface area contributed by atoms with Crippen LogP contribution in [0.2, 0.25) is 5.02 Å². The molecule has 9 heteroatoms. The summed E-state index contributed by atoms with van der Waals surface area (Å²) in [5.74, 6) is -1.02. The van der Waals surface area contributed by atoms with Gasteiger partial charge in [-0.05, 0) is 36.1 Å². The van der Waals surface area contributed by atoms with Crippen LogP contribution in [-0.4, -0.2) is 19.2 Å². The second kappa shape index (κ2) is 6.69. The van der Waals surface area contributed by atoms with Crippen molar-refractivity contribution in [2.24, 2.45) is 0 Å². The molecule has 0 aromatic heterocycles. The fourth-order valence-corrected chi connectivity index (χ4v) is 4.14. The maximum atomic E-state index is 12.6. The standard InChI is InChI=1S/C17H15ClN2O5S/c18-14-3-1-2-13(10-14)17(8-9-17)16(21)19-26(24,25)11-12-4-6-15(7-5-12)20(22)23/h1-7,10H,8-9,11H2,(H,19,21). The van der Waals surface area contributed by atoms with Gasteiger partial charge in [0, 0.05) is 17.2 Å². The first-order chi connectivity index (χ1) is 12.2. The molecule has 0 heterocycles. The van der Waals surface area contributed by atoms with Gasteiger partial charge >= 0.3 is 0 Å². The number of nitro groups is 1. The lowest BCUT2D eigenvalue weighted by molar-refractivity contribution is -0.384. The van der Waals surface area contributed by atoms with Gasteiger partial charge in [-0.25, -0.2) is 8.42 Å². The summed E-state index contributed by atoms with van der Waals surface area (Å²) in [6.45, 7) is 0. The number of rotatable bonds is 6. The molecule has 2 aromatic rings. The molecule has 0 saturated heterocycles. The SMILES string of the molecule is O=C(NS(=O)(=O)Cc1ccc([N+](=O)[O-])cc1)C1(c2cccc(Cl)c2)CC1. The average Bonchev–Trinajstić information content (AvgIpc) is 3.36. The van der Waals surface area contributed by atoms with Crippen molar-refractivity contribution < 1.29 is 18.1 Å². The van der Waals surface area contributed by atoms with Crippen molar-refractivity contribution in [1.29, 1.82) is 0 Å². The predicted octanol–water partition coefficient (Wildman–Crippen LogP) is 2.93. The monoisotopic (exact) mass is 394 g/mol. The fraction of sp³-hybridized carbons (Fsp3) is 0.235. The second-order valence-corrected chi connectivity index (χ2v) is 8.37. The molecule has 136 valence electrons. The molecule has 0 bridgehead atoms. The van der Waals surface area contributed by atoms with Gasteiger partial charge in [-0.2, -0.15) is 0 Å². The fourth-order valence-electron chi connectivity index (χ4n) is 2.77. The first-order valence-corrected chi connectivity index (χ1v) is 9.79. The molecule has 2 aromatic carbocycles. The molecule has 1 N–H and O–H groups in total. The molecule has 0 atom stereocenters. The molecule has 0 radical (unpaired) electrons. The van der Waals surface area contributed by atoms with E-state index >= 15 is 0 Å². The number of carbonyl (C=O) groups is 1. The smallest absolute Gasteiger partial charge is 0.269 e. The van der Waals surface area contributed by atoms with E-state index in [1.54, 1.807) is 24.3 Å². The van der Waals surface area contributed by atoms with Crippen LogP contribution in [0.4, 0.5) is 5.69 Å². The largest absolute Gasteiger partial charge is 0.273 e. The summed E-state index contributed by atoms with van der Waals surface area (Å²) in [7, 11) is -3.93. The van der Waals surface area contributed by atoms with E-state index in [9.17, 15) is 23.3 Å². The van der Waals surface area contributed by atoms with E-state index in [4.69, 9.17) is 11.6 Å². The molecule has 1 aliphatic carbocycles. The highest BCUT2D eigenvalue weighted by Gasteiger charge is 2.52. The molecule has 0 spiro atoms. The van der Waals surface area contributed by atoms with Crippen LogP contribution in [0.1, 0.15) is 24.0 Å². The average molecular weight is 395 g/mol. The van der Waals surface area contributed by atoms with Crippen molar-refractivity contribution in [3.63, 3.8) is 0 Å². The van der Waals surface area contributed by atoms with Crippen molar-refractivity contribution >= 4 is 33.2 Å². The highest BCUT2D eigenvalue weighted by molar-refractivity contribution is 7.89. The summed E-state index contributed by atoms with van der Waals surface area (Å²) in [6, 6.07) is 12.0. The Labute approximate surface area is 155 Å². The van der Waals surface area contributed by atoms with Gasteiger partial charge in [0.25, 0.3) is 5.69 Å². The normalized spacial score (nSPS) is 15.3. The Morgan fingerprint density at radius 3 is 2.38 bits per heavy atom. The summed E-state index contributed by atoms with van der Waals surface area (Å²) in [5.41, 5.74) is 0.0394. The van der Waals surface area contributed by atoms with Crippen LogP contribution in [0.15, 0.2) is 48.5 Å². The Morgan fingerprint density at radius 1 is 1.19 bits per heavy atom. The lowest BCUT2D eigenvalue weighted by Gasteiger charge is -2.16. The van der Waals surface area contributed by atoms with Crippen molar-refractivity contribution in [3.05, 3.63) is 74.8 Å². The van der Waals surface area contributed by atoms with Crippen molar-refractivity contribution in [2.75, 3.05) is 0 Å². The Balaban J connectivity index is 1.73. The van der Waals surface area contributed by atoms with Crippen LogP contribution < -0.4 is 4.72 Å². The predicted molar refractivity (Wildman–Crippen MR) is 96.2 cm³/mol. The van der Waals surface area contributed by atoms with Gasteiger partial charge in [0.1, 0.15) is 0 Å². The quantitative estimate of drug-likeness (QED) is 0.598. The van der Waals surface area contributed by atoms with Gasteiger partial charge in [0.2, 0.25) is 15.9 Å². The highest BCUT2D eigenvalue weighted by atomic mass is 35.5. The molecule has 0 aliphatic heterocycles. The number of nitrogens with zero attached hydrogens (tertiary/aromatic N) is 1. The topological polar surface area (TPSA) is 106 Å². The van der Waals surface area contributed by atoms with Crippen molar-refractivity contribution in [3.8, 4) is 0 Å². The molecule has 1 saturated carbocycles. The van der Waals surface area contributed by atoms with Crippen molar-refractivity contribution in [2.45, 2.75) is 24.0 Å². The molecular weight excluding hydrogens is 380 g/mol. The molecule has 3 rings (SSSR count). The van der Waals surface area contributed by atoms with E-state index in [1.807, 2.05) is 0 Å². The number of sulfonamides is 1. The molecule has 7 nitrogen and oxygen atoms in total. The van der Waals surface area contributed by atoms with Crippen molar-refractivity contribution in [1.82, 2.24) is 4.72 Å². The van der Waals surface area contributed by atoms with E-state index in [2.05, 4.69) is 4.72 Å². The van der Waals surface area contributed by atoms with E-state index in [0.717, 1.165) is 0 Å². The van der Waals surface area contributed by atoms with Crippen LogP contribution in [0, 0.1) is 10.1 Å². The Morgan fingerprint density at radius 2 is 1.85 bits per heavy atom. The van der Waals surface area contributed by atoms with E-state index in [-0.39, 0.29) is 5.69 Å². The Bertz CT molecular complexity index is 969. The molecule has 1 fully saturated rings. The van der Waals surface area contributed by atoms with E-state index in [0.29, 0.717) is 29.0 Å². The van der Waals surface area contributed by atoms with E-state index in [1.165, 1.54) is 24.3 Å². The number of nitro benzene ring substituents is 1. The van der Waals surface area contributed by atoms with Gasteiger partial charge < -0.3 is 0 Å². The number of benzene rings is 2. The summed E-state index contributed by atoms with van der Waals surface area (Å²) in [5, 5.41) is 11.1. The summed E-state index contributed by atoms with van der Waals surface area (Å²) < 4.78 is 26.7. The summed E-state index contributed by atoms with van der Waals surface area (Å²) in [6.07, 6.45) is 1.10. The van der Waals surface area contributed by atoms with Crippen LogP contribution in [0.5, 0.6) is 0 Å². The zero-order valence-corrected chi connectivity index (χ0v) is 15.1. The summed E-state index contributed by atoms with van der Waals surface area (Å²) >= 11 is 5.96. The zero-order chi connectivity index (χ0) is 18.9. The first-order valence-electron chi connectivity index (χ1n) is 7.76. The van der Waals surface area contributed by atoms with Crippen LogP contribution in [0.25, 0.3) is 0 Å². The lowest BCUT2D eigenvalue weighted by atomic mass is 9.95. The summed E-state index contributed by atoms with van der Waals surface area (Å²) in [4.78, 5) is 22.6. The molecule has 0 unspecified atom stereocenters.